The molecule has 1 aliphatic rings. The van der Waals surface area contributed by atoms with Gasteiger partial charge in [0.1, 0.15) is 0 Å². The average Bonchev–Trinajstić information content (AvgIpc) is 3.07. The first-order valence-corrected chi connectivity index (χ1v) is 9.98. The minimum Gasteiger partial charge on any atom is -0.322 e. The van der Waals surface area contributed by atoms with E-state index in [1.807, 2.05) is 26.8 Å². The lowest BCUT2D eigenvalue weighted by atomic mass is 9.94. The number of alkyl halides is 3. The first-order chi connectivity index (χ1) is 14.3. The van der Waals surface area contributed by atoms with E-state index in [2.05, 4.69) is 5.32 Å². The maximum absolute atomic E-state index is 12.7. The molecule has 1 heterocycles. The van der Waals surface area contributed by atoms with Gasteiger partial charge in [-0.25, -0.2) is 0 Å². The molecule has 4 nitrogen and oxygen atoms in total. The number of benzene rings is 2. The van der Waals surface area contributed by atoms with Crippen molar-refractivity contribution >= 4 is 29.3 Å². The van der Waals surface area contributed by atoms with Crippen molar-refractivity contribution in [3.05, 3.63) is 64.7 Å². The molecule has 0 spiro atoms. The van der Waals surface area contributed by atoms with Crippen LogP contribution in [0.5, 0.6) is 0 Å². The van der Waals surface area contributed by atoms with Crippen molar-refractivity contribution in [2.45, 2.75) is 40.3 Å². The van der Waals surface area contributed by atoms with Gasteiger partial charge >= 0.3 is 6.18 Å². The number of amides is 2. The van der Waals surface area contributed by atoms with Gasteiger partial charge in [0.05, 0.1) is 0 Å². The summed E-state index contributed by atoms with van der Waals surface area (Å²) in [5.74, 6) is -0.344. The van der Waals surface area contributed by atoms with Crippen molar-refractivity contribution < 1.29 is 22.8 Å². The van der Waals surface area contributed by atoms with Gasteiger partial charge in [-0.3, -0.25) is 9.59 Å². The van der Waals surface area contributed by atoms with E-state index in [-0.39, 0.29) is 17.9 Å². The lowest BCUT2D eigenvalue weighted by Crippen LogP contribution is -2.38. The highest BCUT2D eigenvalue weighted by Crippen LogP contribution is 2.34. The molecule has 2 aromatic carbocycles. The van der Waals surface area contributed by atoms with Crippen molar-refractivity contribution in [3.8, 4) is 0 Å². The second-order valence-electron chi connectivity index (χ2n) is 8.70. The molecule has 0 aliphatic carbocycles. The van der Waals surface area contributed by atoms with Gasteiger partial charge in [-0.1, -0.05) is 45.0 Å². The van der Waals surface area contributed by atoms with Gasteiger partial charge in [0.2, 0.25) is 5.91 Å². The van der Waals surface area contributed by atoms with Crippen LogP contribution >= 0.6 is 0 Å². The van der Waals surface area contributed by atoms with Crippen LogP contribution in [0.2, 0.25) is 0 Å². The number of allylic oxidation sites excluding steroid dienone is 1. The van der Waals surface area contributed by atoms with Crippen LogP contribution in [0.15, 0.2) is 42.5 Å². The number of fused-ring (bicyclic) bond motifs is 1. The number of aryl methyl sites for hydroxylation is 1. The standard InChI is InChI=1S/C24H25F3N2O2/c1-15-13-16(9-11-24(25,26)27)5-8-19(15)21(30)28-18-7-6-17-10-12-29(20(17)14-18)22(31)23(2,3)4/h5-9,11,13-14H,10,12H2,1-4H3,(H,28,30)/b11-9+. The van der Waals surface area contributed by atoms with Gasteiger partial charge < -0.3 is 10.2 Å². The molecule has 3 rings (SSSR count). The van der Waals surface area contributed by atoms with E-state index in [9.17, 15) is 22.8 Å². The molecular weight excluding hydrogens is 405 g/mol. The molecule has 7 heteroatoms. The maximum atomic E-state index is 12.7. The van der Waals surface area contributed by atoms with Crippen molar-refractivity contribution in [1.29, 1.82) is 0 Å². The monoisotopic (exact) mass is 430 g/mol. The number of carbonyl (C=O) groups is 2. The number of nitrogens with one attached hydrogen (secondary N) is 1. The lowest BCUT2D eigenvalue weighted by molar-refractivity contribution is -0.125. The van der Waals surface area contributed by atoms with Crippen LogP contribution in [-0.4, -0.2) is 24.5 Å². The molecule has 0 fully saturated rings. The molecule has 2 aromatic rings. The summed E-state index contributed by atoms with van der Waals surface area (Å²) in [6.45, 7) is 7.89. The Hall–Kier alpha value is -3.09. The lowest BCUT2D eigenvalue weighted by Gasteiger charge is -2.26. The van der Waals surface area contributed by atoms with Crippen molar-refractivity contribution in [3.63, 3.8) is 0 Å². The van der Waals surface area contributed by atoms with E-state index >= 15 is 0 Å². The second kappa shape index (κ2) is 8.21. The van der Waals surface area contributed by atoms with Crippen LogP contribution in [0.1, 0.15) is 47.8 Å². The molecule has 2 amide bonds. The molecule has 164 valence electrons. The average molecular weight is 430 g/mol. The van der Waals surface area contributed by atoms with Crippen molar-refractivity contribution in [2.75, 3.05) is 16.8 Å². The molecule has 0 atom stereocenters. The third-order valence-electron chi connectivity index (χ3n) is 5.09. The minimum absolute atomic E-state index is 0.0214. The molecule has 0 unspecified atom stereocenters. The van der Waals surface area contributed by atoms with E-state index in [4.69, 9.17) is 0 Å². The van der Waals surface area contributed by atoms with E-state index < -0.39 is 11.6 Å². The summed E-state index contributed by atoms with van der Waals surface area (Å²) in [6, 6.07) is 9.99. The fraction of sp³-hybridized carbons (Fsp3) is 0.333. The number of nitrogens with zero attached hydrogens (tertiary/aromatic N) is 1. The van der Waals surface area contributed by atoms with Gasteiger partial charge in [0.25, 0.3) is 5.91 Å². The Morgan fingerprint density at radius 3 is 2.39 bits per heavy atom. The Labute approximate surface area is 179 Å². The third-order valence-corrected chi connectivity index (χ3v) is 5.09. The summed E-state index contributed by atoms with van der Waals surface area (Å²) in [5, 5.41) is 2.83. The fourth-order valence-corrected chi connectivity index (χ4v) is 3.51. The number of carbonyl (C=O) groups excluding carboxylic acids is 2. The zero-order chi connectivity index (χ0) is 23.0. The highest BCUT2D eigenvalue weighted by molar-refractivity contribution is 6.06. The number of halogens is 3. The molecule has 1 aliphatic heterocycles. The number of rotatable bonds is 3. The van der Waals surface area contributed by atoms with Gasteiger partial charge in [0, 0.05) is 35.0 Å². The second-order valence-corrected chi connectivity index (χ2v) is 8.70. The topological polar surface area (TPSA) is 49.4 Å². The molecular formula is C24H25F3N2O2. The smallest absolute Gasteiger partial charge is 0.322 e. The van der Waals surface area contributed by atoms with Gasteiger partial charge in [-0.05, 0) is 48.2 Å². The van der Waals surface area contributed by atoms with Crippen LogP contribution in [0.25, 0.3) is 6.08 Å². The Morgan fingerprint density at radius 1 is 1.06 bits per heavy atom. The van der Waals surface area contributed by atoms with Crippen molar-refractivity contribution in [2.24, 2.45) is 5.41 Å². The Morgan fingerprint density at radius 2 is 1.77 bits per heavy atom. The molecule has 0 radical (unpaired) electrons. The predicted octanol–water partition coefficient (Wildman–Crippen LogP) is 5.76. The fourth-order valence-electron chi connectivity index (χ4n) is 3.51. The van der Waals surface area contributed by atoms with Crippen LogP contribution < -0.4 is 10.2 Å². The van der Waals surface area contributed by atoms with E-state index in [0.717, 1.165) is 23.7 Å². The first kappa shape index (κ1) is 22.6. The minimum atomic E-state index is -4.39. The third kappa shape index (κ3) is 5.34. The molecule has 1 N–H and O–H groups in total. The summed E-state index contributed by atoms with van der Waals surface area (Å²) in [5.41, 5.74) is 3.17. The summed E-state index contributed by atoms with van der Waals surface area (Å²) >= 11 is 0. The van der Waals surface area contributed by atoms with Crippen molar-refractivity contribution in [1.82, 2.24) is 0 Å². The highest BCUT2D eigenvalue weighted by atomic mass is 19.4. The number of hydrogen-bond acceptors (Lipinski definition) is 2. The van der Waals surface area contributed by atoms with E-state index in [1.54, 1.807) is 24.0 Å². The molecule has 31 heavy (non-hydrogen) atoms. The maximum Gasteiger partial charge on any atom is 0.409 e. The Bertz CT molecular complexity index is 1050. The zero-order valence-electron chi connectivity index (χ0n) is 17.9. The molecule has 0 saturated carbocycles. The molecule has 0 bridgehead atoms. The van der Waals surface area contributed by atoms with Crippen LogP contribution in [0, 0.1) is 12.3 Å². The van der Waals surface area contributed by atoms with Gasteiger partial charge in [-0.2, -0.15) is 13.2 Å². The first-order valence-electron chi connectivity index (χ1n) is 9.98. The quantitative estimate of drug-likeness (QED) is 0.673. The number of anilines is 2. The summed E-state index contributed by atoms with van der Waals surface area (Å²) in [7, 11) is 0. The number of hydrogen-bond donors (Lipinski definition) is 1. The van der Waals surface area contributed by atoms with Gasteiger partial charge in [-0.15, -0.1) is 0 Å². The SMILES string of the molecule is Cc1cc(/C=C/C(F)(F)F)ccc1C(=O)Nc1ccc2c(c1)N(C(=O)C(C)(C)C)CC2. The molecule has 0 saturated heterocycles. The van der Waals surface area contributed by atoms with Crippen LogP contribution in [0.3, 0.4) is 0 Å². The zero-order valence-corrected chi connectivity index (χ0v) is 17.9. The molecule has 0 aromatic heterocycles. The largest absolute Gasteiger partial charge is 0.409 e. The normalized spacial score (nSPS) is 14.1. The van der Waals surface area contributed by atoms with Crippen LogP contribution in [0.4, 0.5) is 24.5 Å². The Balaban J connectivity index is 1.79. The predicted molar refractivity (Wildman–Crippen MR) is 116 cm³/mol. The summed E-state index contributed by atoms with van der Waals surface area (Å²) in [6.07, 6.45) is -2.50. The highest BCUT2D eigenvalue weighted by Gasteiger charge is 2.32. The summed E-state index contributed by atoms with van der Waals surface area (Å²) < 4.78 is 37.1. The van der Waals surface area contributed by atoms with E-state index in [0.29, 0.717) is 28.9 Å². The van der Waals surface area contributed by atoms with E-state index in [1.165, 1.54) is 18.2 Å². The van der Waals surface area contributed by atoms with Gasteiger partial charge in [0.15, 0.2) is 0 Å². The summed E-state index contributed by atoms with van der Waals surface area (Å²) in [4.78, 5) is 27.2. The van der Waals surface area contributed by atoms with Crippen LogP contribution in [-0.2, 0) is 11.2 Å². The Kier molecular flexibility index (Phi) is 5.98.